The fraction of sp³-hybridized carbons (Fsp3) is 0.471. The van der Waals surface area contributed by atoms with Crippen LogP contribution in [0.4, 0.5) is 11.5 Å². The van der Waals surface area contributed by atoms with Crippen molar-refractivity contribution in [2.75, 3.05) is 56.2 Å². The number of carbonyl (C=O) groups excluding carboxylic acids is 1. The van der Waals surface area contributed by atoms with Gasteiger partial charge in [0.1, 0.15) is 12.4 Å². The van der Waals surface area contributed by atoms with Crippen molar-refractivity contribution in [3.8, 4) is 6.07 Å². The molecule has 2 saturated heterocycles. The summed E-state index contributed by atoms with van der Waals surface area (Å²) >= 11 is 0. The first-order valence-electron chi connectivity index (χ1n) is 15.4. The zero-order chi connectivity index (χ0) is 29.9. The average Bonchev–Trinajstić information content (AvgIpc) is 3.44. The summed E-state index contributed by atoms with van der Waals surface area (Å²) in [6.07, 6.45) is 4.78. The molecule has 0 N–H and O–H groups in total. The zero-order valence-corrected chi connectivity index (χ0v) is 25.3. The molecule has 2 aromatic carbocycles. The van der Waals surface area contributed by atoms with Gasteiger partial charge in [0.25, 0.3) is 0 Å². The number of aromatic nitrogens is 2. The van der Waals surface area contributed by atoms with Gasteiger partial charge in [-0.1, -0.05) is 36.9 Å². The highest BCUT2D eigenvalue weighted by Crippen LogP contribution is 2.35. The Balaban J connectivity index is 1.31. The molecule has 1 amide bonds. The van der Waals surface area contributed by atoms with Crippen LogP contribution < -0.4 is 9.80 Å². The fourth-order valence-electron chi connectivity index (χ4n) is 6.97. The maximum atomic E-state index is 12.5. The first-order valence-corrected chi connectivity index (χ1v) is 15.4. The van der Waals surface area contributed by atoms with Crippen LogP contribution in [0.5, 0.6) is 0 Å². The minimum atomic E-state index is -0.216. The number of anilines is 2. The summed E-state index contributed by atoms with van der Waals surface area (Å²) in [5.74, 6) is 1.48. The van der Waals surface area contributed by atoms with E-state index in [0.29, 0.717) is 51.3 Å². The van der Waals surface area contributed by atoms with Gasteiger partial charge in [-0.25, -0.2) is 9.97 Å². The van der Waals surface area contributed by atoms with Crippen molar-refractivity contribution in [2.24, 2.45) is 0 Å². The van der Waals surface area contributed by atoms with Crippen molar-refractivity contribution in [2.45, 2.75) is 57.8 Å². The van der Waals surface area contributed by atoms with Crippen LogP contribution in [0.15, 0.2) is 49.1 Å². The average molecular weight is 580 g/mol. The Hall–Kier alpha value is -4.00. The molecule has 0 radical (unpaired) electrons. The van der Waals surface area contributed by atoms with E-state index in [2.05, 4.69) is 77.7 Å². The number of hydrogen-bond donors (Lipinski definition) is 0. The van der Waals surface area contributed by atoms with Crippen LogP contribution in [0.25, 0.3) is 10.8 Å². The van der Waals surface area contributed by atoms with Crippen LogP contribution >= 0.6 is 0 Å². The Kier molecular flexibility index (Phi) is 8.59. The quantitative estimate of drug-likeness (QED) is 0.367. The Morgan fingerprint density at radius 3 is 2.72 bits per heavy atom. The number of rotatable bonds is 8. The second-order valence-corrected chi connectivity index (χ2v) is 12.0. The molecule has 0 saturated carbocycles. The molecule has 0 unspecified atom stereocenters. The fourth-order valence-corrected chi connectivity index (χ4v) is 6.97. The Bertz CT molecular complexity index is 1540. The standard InChI is InChI=1S/C34H41N7O2/c1-4-32(42)41-19-18-40(20-26(41)13-15-35)34-28-14-17-39(30-12-6-10-25-9-5-8-24(2)33(25)30)21-29(28)36-31(37-34)23-43-22-27-11-7-16-38(27)3/h4-6,8-10,12,26-27H,1,7,11,13-14,16-23H2,2-3H3/t26-,27+/m0/s1. The van der Waals surface area contributed by atoms with E-state index in [1.807, 2.05) is 0 Å². The van der Waals surface area contributed by atoms with E-state index in [9.17, 15) is 10.1 Å². The van der Waals surface area contributed by atoms with E-state index in [0.717, 1.165) is 43.0 Å². The maximum Gasteiger partial charge on any atom is 0.246 e. The monoisotopic (exact) mass is 579 g/mol. The number of hydrogen-bond acceptors (Lipinski definition) is 8. The summed E-state index contributed by atoms with van der Waals surface area (Å²) in [4.78, 5) is 31.6. The second-order valence-electron chi connectivity index (χ2n) is 12.0. The number of nitrogens with zero attached hydrogens (tertiary/aromatic N) is 7. The molecule has 2 fully saturated rings. The van der Waals surface area contributed by atoms with Crippen molar-refractivity contribution in [1.29, 1.82) is 5.26 Å². The molecule has 3 aromatic rings. The third-order valence-corrected chi connectivity index (χ3v) is 9.30. The third-order valence-electron chi connectivity index (χ3n) is 9.30. The SMILES string of the molecule is C=CC(=O)N1CCN(c2nc(COC[C@H]3CCCN3C)nc3c2CCN(c2cccc4cccc(C)c24)C3)C[C@@H]1CC#N. The third kappa shape index (κ3) is 5.95. The number of carbonyl (C=O) groups is 1. The minimum absolute atomic E-state index is 0.128. The molecule has 1 aromatic heterocycles. The van der Waals surface area contributed by atoms with Crippen LogP contribution in [0.3, 0.4) is 0 Å². The highest BCUT2D eigenvalue weighted by molar-refractivity contribution is 5.97. The number of likely N-dealkylation sites (tertiary alicyclic amines) is 1. The number of benzene rings is 2. The van der Waals surface area contributed by atoms with E-state index in [1.165, 1.54) is 34.5 Å². The number of amides is 1. The van der Waals surface area contributed by atoms with Crippen LogP contribution in [-0.4, -0.2) is 84.1 Å². The molecule has 9 heteroatoms. The Morgan fingerprint density at radius 2 is 1.95 bits per heavy atom. The number of piperazine rings is 1. The highest BCUT2D eigenvalue weighted by atomic mass is 16.5. The molecule has 3 aliphatic rings. The van der Waals surface area contributed by atoms with Crippen molar-refractivity contribution in [3.05, 3.63) is 71.7 Å². The predicted octanol–water partition coefficient (Wildman–Crippen LogP) is 4.23. The van der Waals surface area contributed by atoms with Gasteiger partial charge in [0.15, 0.2) is 5.82 Å². The summed E-state index contributed by atoms with van der Waals surface area (Å²) < 4.78 is 6.21. The Morgan fingerprint density at radius 1 is 1.12 bits per heavy atom. The number of ether oxygens (including phenoxy) is 1. The van der Waals surface area contributed by atoms with Crippen LogP contribution in [-0.2, 0) is 29.1 Å². The molecule has 3 aliphatic heterocycles. The lowest BCUT2D eigenvalue weighted by Gasteiger charge is -2.42. The van der Waals surface area contributed by atoms with Gasteiger partial charge < -0.3 is 24.3 Å². The molecule has 0 aliphatic carbocycles. The molecule has 2 atom stereocenters. The number of fused-ring (bicyclic) bond motifs is 2. The maximum absolute atomic E-state index is 12.5. The van der Waals surface area contributed by atoms with Gasteiger partial charge in [0, 0.05) is 48.9 Å². The van der Waals surface area contributed by atoms with Crippen LogP contribution in [0.2, 0.25) is 0 Å². The number of nitriles is 1. The zero-order valence-electron chi connectivity index (χ0n) is 25.3. The summed E-state index contributed by atoms with van der Waals surface area (Å²) in [5, 5.41) is 12.1. The van der Waals surface area contributed by atoms with Crippen LogP contribution in [0, 0.1) is 18.3 Å². The summed E-state index contributed by atoms with van der Waals surface area (Å²) in [5.41, 5.74) is 4.68. The van der Waals surface area contributed by atoms with E-state index in [-0.39, 0.29) is 18.4 Å². The van der Waals surface area contributed by atoms with E-state index in [1.54, 1.807) is 4.90 Å². The van der Waals surface area contributed by atoms with Crippen molar-refractivity contribution in [1.82, 2.24) is 19.8 Å². The molecule has 43 heavy (non-hydrogen) atoms. The van der Waals surface area contributed by atoms with Gasteiger partial charge in [0.2, 0.25) is 5.91 Å². The summed E-state index contributed by atoms with van der Waals surface area (Å²) in [7, 11) is 2.16. The molecule has 6 rings (SSSR count). The second kappa shape index (κ2) is 12.7. The lowest BCUT2D eigenvalue weighted by molar-refractivity contribution is -0.128. The molecular formula is C34H41N7O2. The first kappa shape index (κ1) is 29.1. The minimum Gasteiger partial charge on any atom is -0.372 e. The predicted molar refractivity (Wildman–Crippen MR) is 169 cm³/mol. The van der Waals surface area contributed by atoms with Crippen molar-refractivity contribution < 1.29 is 9.53 Å². The molecule has 224 valence electrons. The van der Waals surface area contributed by atoms with Crippen LogP contribution in [0.1, 0.15) is 41.9 Å². The summed E-state index contributed by atoms with van der Waals surface area (Å²) in [6.45, 7) is 11.2. The molecule has 9 nitrogen and oxygen atoms in total. The van der Waals surface area contributed by atoms with Gasteiger partial charge in [-0.2, -0.15) is 5.26 Å². The number of likely N-dealkylation sites (N-methyl/N-ethyl adjacent to an activating group) is 1. The summed E-state index contributed by atoms with van der Waals surface area (Å²) in [6, 6.07) is 15.5. The molecule has 0 bridgehead atoms. The highest BCUT2D eigenvalue weighted by Gasteiger charge is 2.33. The molecule has 0 spiro atoms. The van der Waals surface area contributed by atoms with Gasteiger partial charge in [-0.05, 0) is 62.9 Å². The van der Waals surface area contributed by atoms with Gasteiger partial charge in [-0.15, -0.1) is 0 Å². The lowest BCUT2D eigenvalue weighted by atomic mass is 9.99. The first-order chi connectivity index (χ1) is 21.0. The Labute approximate surface area is 254 Å². The van der Waals surface area contributed by atoms with Gasteiger partial charge >= 0.3 is 0 Å². The lowest BCUT2D eigenvalue weighted by Crippen LogP contribution is -2.55. The smallest absolute Gasteiger partial charge is 0.246 e. The molecule has 4 heterocycles. The van der Waals surface area contributed by atoms with E-state index >= 15 is 0 Å². The van der Waals surface area contributed by atoms with E-state index < -0.39 is 0 Å². The number of aryl methyl sites for hydroxylation is 1. The van der Waals surface area contributed by atoms with Crippen molar-refractivity contribution in [3.63, 3.8) is 0 Å². The van der Waals surface area contributed by atoms with E-state index in [4.69, 9.17) is 14.7 Å². The van der Waals surface area contributed by atoms with Gasteiger partial charge in [0.05, 0.1) is 37.4 Å². The van der Waals surface area contributed by atoms with Gasteiger partial charge in [-0.3, -0.25) is 4.79 Å². The van der Waals surface area contributed by atoms with Crippen molar-refractivity contribution >= 4 is 28.2 Å². The largest absolute Gasteiger partial charge is 0.372 e. The molecular weight excluding hydrogens is 538 g/mol. The normalized spacial score (nSPS) is 20.7. The topological polar surface area (TPSA) is 88.8 Å².